The van der Waals surface area contributed by atoms with Gasteiger partial charge in [-0.3, -0.25) is 42.1 Å². The van der Waals surface area contributed by atoms with Crippen LogP contribution in [0.5, 0.6) is 0 Å². The number of aliphatic hydroxyl groups is 3. The van der Waals surface area contributed by atoms with E-state index in [9.17, 15) is 72.2 Å². The molecule has 35 heteroatoms. The third-order valence-corrected chi connectivity index (χ3v) is 11.7. The SMILES string of the molecule is CC(C)(COP(=O)(O)OP(=O)(O)OC[C@H]1O[C@@H](n2cnc3c(N)ncnc32)[C@H](O)[C@@H]1OP(=O)(O)O)[C@@H](O)C(=O)NCCC(=O)NCCSC(=O)CC(=O)O.O=C(O)CC(O)C(=O)O. The van der Waals surface area contributed by atoms with Gasteiger partial charge in [0.1, 0.15) is 42.7 Å². The van der Waals surface area contributed by atoms with Gasteiger partial charge in [-0.15, -0.1) is 0 Å². The molecule has 8 atom stereocenters. The molecular formula is C28H44N7O24P3S. The number of hydrogen-bond acceptors (Lipinski definition) is 22. The summed E-state index contributed by atoms with van der Waals surface area (Å²) in [5, 5.41) is 58.2. The average molecular weight is 988 g/mol. The van der Waals surface area contributed by atoms with E-state index >= 15 is 0 Å². The van der Waals surface area contributed by atoms with E-state index in [1.165, 1.54) is 13.8 Å². The van der Waals surface area contributed by atoms with Gasteiger partial charge in [0, 0.05) is 30.7 Å². The molecule has 0 spiro atoms. The summed E-state index contributed by atoms with van der Waals surface area (Å²) in [6.45, 7) is 0.132. The quantitative estimate of drug-likeness (QED) is 0.0284. The predicted octanol–water partition coefficient (Wildman–Crippen LogP) is -2.95. The number of carbonyl (C=O) groups is 6. The van der Waals surface area contributed by atoms with Gasteiger partial charge in [-0.2, -0.15) is 4.31 Å². The van der Waals surface area contributed by atoms with Crippen molar-refractivity contribution in [2.24, 2.45) is 5.41 Å². The van der Waals surface area contributed by atoms with Crippen LogP contribution in [0.4, 0.5) is 5.82 Å². The first-order valence-corrected chi connectivity index (χ1v) is 22.8. The van der Waals surface area contributed by atoms with E-state index in [1.54, 1.807) is 0 Å². The van der Waals surface area contributed by atoms with Gasteiger partial charge in [-0.05, 0) is 0 Å². The van der Waals surface area contributed by atoms with Gasteiger partial charge in [0.25, 0.3) is 0 Å². The van der Waals surface area contributed by atoms with Crippen LogP contribution in [0, 0.1) is 5.41 Å². The molecule has 14 N–H and O–H groups in total. The fourth-order valence-electron chi connectivity index (χ4n) is 4.72. The van der Waals surface area contributed by atoms with Crippen molar-refractivity contribution in [2.75, 3.05) is 37.8 Å². The van der Waals surface area contributed by atoms with Gasteiger partial charge >= 0.3 is 41.4 Å². The zero-order valence-corrected chi connectivity index (χ0v) is 36.1. The maximum atomic E-state index is 12.6. The molecule has 63 heavy (non-hydrogen) atoms. The Kier molecular flexibility index (Phi) is 20.7. The number of phosphoric ester groups is 3. The number of ether oxygens (including phenoxy) is 1. The number of aromatic nitrogens is 4. The number of nitrogens with zero attached hydrogens (tertiary/aromatic N) is 4. The van der Waals surface area contributed by atoms with Crippen LogP contribution in [0.2, 0.25) is 0 Å². The zero-order chi connectivity index (χ0) is 48.1. The van der Waals surface area contributed by atoms with E-state index in [0.29, 0.717) is 0 Å². The molecule has 0 radical (unpaired) electrons. The Morgan fingerprint density at radius 2 is 1.59 bits per heavy atom. The number of thioether (sulfide) groups is 1. The number of fused-ring (bicyclic) bond motifs is 1. The smallest absolute Gasteiger partial charge is 0.481 e. The Hall–Kier alpha value is -4.07. The molecule has 3 unspecified atom stereocenters. The molecule has 2 amide bonds. The van der Waals surface area contributed by atoms with Crippen LogP contribution in [-0.4, -0.2) is 167 Å². The number of rotatable bonds is 24. The van der Waals surface area contributed by atoms with E-state index in [4.69, 9.17) is 39.9 Å². The highest BCUT2D eigenvalue weighted by atomic mass is 32.2. The monoisotopic (exact) mass is 987 g/mol. The number of anilines is 1. The lowest BCUT2D eigenvalue weighted by Crippen LogP contribution is -2.46. The lowest BCUT2D eigenvalue weighted by atomic mass is 9.87. The number of nitrogens with one attached hydrogen (secondary N) is 2. The van der Waals surface area contributed by atoms with Crippen LogP contribution in [0.1, 0.15) is 39.3 Å². The van der Waals surface area contributed by atoms with E-state index in [1.807, 2.05) is 0 Å². The van der Waals surface area contributed by atoms with E-state index in [2.05, 4.69) is 34.4 Å². The van der Waals surface area contributed by atoms with E-state index < -0.39 is 127 Å². The van der Waals surface area contributed by atoms with Crippen molar-refractivity contribution in [3.05, 3.63) is 12.7 Å². The first kappa shape index (κ1) is 55.1. The van der Waals surface area contributed by atoms with Crippen LogP contribution >= 0.6 is 35.2 Å². The standard InChI is InChI=1S/C24H38N7O19P3S.C4H6O5/c1-24(2,19(37)22(38)27-4-3-13(32)26-5-6-54-15(35)7-14(33)34)9-47-53(44,45)50-52(42,43)46-8-12-18(49-51(39,40)41)17(36)23(48-12)31-11-30-16-20(25)28-10-29-21(16)31;5-2(4(8)9)1-3(6)7/h10-12,17-19,23,36-37H,3-9H2,1-2H3,(H,26,32)(H,27,38)(H,33,34)(H,42,43)(H,44,45)(H2,25,28,29)(H2,39,40,41);2,5H,1H2,(H,6,7)(H,8,9)/t12-,17-,18-,19+,23-;/m1./s1. The molecule has 1 fully saturated rings. The minimum absolute atomic E-state index is 0.0185. The number of imidazole rings is 1. The molecule has 1 aliphatic heterocycles. The van der Waals surface area contributed by atoms with Crippen molar-refractivity contribution >= 4 is 87.0 Å². The normalized spacial score (nSPS) is 20.6. The topological polar surface area (TPSA) is 496 Å². The van der Waals surface area contributed by atoms with E-state index in [0.717, 1.165) is 29.0 Å². The summed E-state index contributed by atoms with van der Waals surface area (Å²) >= 11 is 0.718. The number of nitrogen functional groups attached to an aromatic ring is 1. The summed E-state index contributed by atoms with van der Waals surface area (Å²) in [5.41, 5.74) is 4.19. The largest absolute Gasteiger partial charge is 0.481 e. The minimum Gasteiger partial charge on any atom is -0.481 e. The summed E-state index contributed by atoms with van der Waals surface area (Å²) in [4.78, 5) is 116. The summed E-state index contributed by atoms with van der Waals surface area (Å²) in [6, 6.07) is 0. The van der Waals surface area contributed by atoms with Gasteiger partial charge in [0.15, 0.2) is 28.9 Å². The van der Waals surface area contributed by atoms with Crippen molar-refractivity contribution in [3.63, 3.8) is 0 Å². The van der Waals surface area contributed by atoms with Crippen LogP contribution in [-0.2, 0) is 65.1 Å². The van der Waals surface area contributed by atoms with Gasteiger partial charge in [0.05, 0.1) is 26.0 Å². The van der Waals surface area contributed by atoms with Crippen molar-refractivity contribution in [3.8, 4) is 0 Å². The molecule has 356 valence electrons. The Labute approximate surface area is 357 Å². The Balaban J connectivity index is 0.00000136. The minimum atomic E-state index is -5.59. The third kappa shape index (κ3) is 18.9. The molecule has 1 saturated heterocycles. The Bertz CT molecular complexity index is 2110. The predicted molar refractivity (Wildman–Crippen MR) is 205 cm³/mol. The molecule has 3 heterocycles. The number of carboxylic acid groups (broad SMARTS) is 3. The summed E-state index contributed by atoms with van der Waals surface area (Å²) < 4.78 is 61.8. The number of hydrogen-bond donors (Lipinski definition) is 13. The number of nitrogens with two attached hydrogens (primary N) is 1. The molecule has 0 aromatic carbocycles. The Morgan fingerprint density at radius 3 is 2.16 bits per heavy atom. The maximum Gasteiger partial charge on any atom is 0.481 e. The molecule has 0 saturated carbocycles. The first-order chi connectivity index (χ1) is 28.9. The van der Waals surface area contributed by atoms with Crippen molar-refractivity contribution in [1.29, 1.82) is 0 Å². The molecule has 2 aromatic rings. The Morgan fingerprint density at radius 1 is 0.952 bits per heavy atom. The number of carboxylic acids is 3. The molecule has 2 aromatic heterocycles. The second kappa shape index (κ2) is 23.7. The van der Waals surface area contributed by atoms with Crippen molar-refractivity contribution in [1.82, 2.24) is 30.2 Å². The summed E-state index contributed by atoms with van der Waals surface area (Å²) in [5.74, 6) is -5.64. The first-order valence-electron chi connectivity index (χ1n) is 17.3. The van der Waals surface area contributed by atoms with Gasteiger partial charge in [0.2, 0.25) is 11.8 Å². The fourth-order valence-corrected chi connectivity index (χ4v) is 8.21. The molecule has 0 aliphatic carbocycles. The number of aliphatic hydroxyl groups excluding tert-OH is 3. The van der Waals surface area contributed by atoms with Gasteiger partial charge in [-0.1, -0.05) is 25.6 Å². The second-order valence-electron chi connectivity index (χ2n) is 13.3. The van der Waals surface area contributed by atoms with Crippen molar-refractivity contribution in [2.45, 2.75) is 69.9 Å². The van der Waals surface area contributed by atoms with E-state index in [-0.39, 0.29) is 42.2 Å². The van der Waals surface area contributed by atoms with Gasteiger partial charge in [-0.25, -0.2) is 33.4 Å². The second-order valence-corrected chi connectivity index (χ2v) is 18.7. The molecular weight excluding hydrogens is 943 g/mol. The summed E-state index contributed by atoms with van der Waals surface area (Å²) in [6.07, 6.45) is -10.3. The highest BCUT2D eigenvalue weighted by Crippen LogP contribution is 2.61. The molecule has 3 rings (SSSR count). The highest BCUT2D eigenvalue weighted by molar-refractivity contribution is 8.13. The number of aliphatic carboxylic acids is 3. The number of amides is 2. The summed E-state index contributed by atoms with van der Waals surface area (Å²) in [7, 11) is -16.4. The zero-order valence-electron chi connectivity index (χ0n) is 32.6. The molecule has 1 aliphatic rings. The highest BCUT2D eigenvalue weighted by Gasteiger charge is 2.50. The fraction of sp³-hybridized carbons (Fsp3) is 0.607. The van der Waals surface area contributed by atoms with Crippen LogP contribution in [0.3, 0.4) is 0 Å². The maximum absolute atomic E-state index is 12.6. The third-order valence-electron chi connectivity index (χ3n) is 7.71. The molecule has 0 bridgehead atoms. The average Bonchev–Trinajstić information content (AvgIpc) is 3.71. The lowest BCUT2D eigenvalue weighted by Gasteiger charge is -2.30. The molecule has 31 nitrogen and oxygen atoms in total. The van der Waals surface area contributed by atoms with Crippen LogP contribution in [0.25, 0.3) is 11.2 Å². The van der Waals surface area contributed by atoms with Crippen LogP contribution < -0.4 is 16.4 Å². The number of carbonyl (C=O) groups excluding carboxylic acids is 3. The van der Waals surface area contributed by atoms with Gasteiger partial charge < -0.3 is 71.3 Å². The number of phosphoric acid groups is 3. The lowest BCUT2D eigenvalue weighted by molar-refractivity contribution is -0.152. The van der Waals surface area contributed by atoms with Crippen molar-refractivity contribution < 1.29 is 115 Å². The van der Waals surface area contributed by atoms with Crippen LogP contribution in [0.15, 0.2) is 12.7 Å².